The van der Waals surface area contributed by atoms with Crippen LogP contribution in [0.5, 0.6) is 0 Å². The number of carbonyl (C=O) groups excluding carboxylic acids is 1. The number of hydrogen-bond donors (Lipinski definition) is 2. The van der Waals surface area contributed by atoms with Crippen LogP contribution in [0.1, 0.15) is 13.3 Å². The Kier molecular flexibility index (Phi) is 5.55. The summed E-state index contributed by atoms with van der Waals surface area (Å²) in [5.74, 6) is -1.30. The van der Waals surface area contributed by atoms with Crippen molar-refractivity contribution in [3.63, 3.8) is 0 Å². The van der Waals surface area contributed by atoms with Crippen LogP contribution in [0.15, 0.2) is 12.7 Å². The van der Waals surface area contributed by atoms with E-state index >= 15 is 0 Å². The van der Waals surface area contributed by atoms with Crippen LogP contribution >= 0.6 is 0 Å². The van der Waals surface area contributed by atoms with Crippen molar-refractivity contribution in [3.8, 4) is 0 Å². The third kappa shape index (κ3) is 5.31. The van der Waals surface area contributed by atoms with Gasteiger partial charge >= 0.3 is 5.97 Å². The van der Waals surface area contributed by atoms with Crippen molar-refractivity contribution >= 4 is 11.9 Å². The van der Waals surface area contributed by atoms with Crippen LogP contribution in [0.25, 0.3) is 0 Å². The van der Waals surface area contributed by atoms with Crippen LogP contribution in [0.3, 0.4) is 0 Å². The molecule has 0 bridgehead atoms. The van der Waals surface area contributed by atoms with Crippen molar-refractivity contribution in [1.29, 1.82) is 0 Å². The molecule has 5 nitrogen and oxygen atoms in total. The largest absolute Gasteiger partial charge is 0.480 e. The summed E-state index contributed by atoms with van der Waals surface area (Å²) >= 11 is 0. The van der Waals surface area contributed by atoms with E-state index in [9.17, 15) is 9.59 Å². The summed E-state index contributed by atoms with van der Waals surface area (Å²) in [5.41, 5.74) is 5.44. The molecule has 1 amide bonds. The van der Waals surface area contributed by atoms with Crippen LogP contribution in [-0.4, -0.2) is 41.0 Å². The van der Waals surface area contributed by atoms with Gasteiger partial charge in [-0.05, 0) is 6.92 Å². The maximum atomic E-state index is 11.4. The third-order valence-electron chi connectivity index (χ3n) is 1.52. The molecule has 1 atom stereocenters. The molecule has 0 saturated heterocycles. The van der Waals surface area contributed by atoms with E-state index in [1.165, 1.54) is 11.0 Å². The lowest BCUT2D eigenvalue weighted by Gasteiger charge is -2.19. The Morgan fingerprint density at radius 2 is 2.21 bits per heavy atom. The number of hydrogen-bond acceptors (Lipinski definition) is 3. The molecule has 0 aliphatic carbocycles. The van der Waals surface area contributed by atoms with Crippen molar-refractivity contribution in [2.75, 3.05) is 13.1 Å². The molecule has 5 heteroatoms. The molecule has 0 aliphatic rings. The fourth-order valence-corrected chi connectivity index (χ4v) is 0.978. The van der Waals surface area contributed by atoms with Crippen LogP contribution in [-0.2, 0) is 9.59 Å². The Bertz CT molecular complexity index is 226. The Balaban J connectivity index is 4.24. The molecule has 0 saturated carbocycles. The van der Waals surface area contributed by atoms with E-state index in [-0.39, 0.29) is 31.5 Å². The zero-order chi connectivity index (χ0) is 11.1. The second-order valence-corrected chi connectivity index (χ2v) is 3.14. The number of rotatable bonds is 6. The van der Waals surface area contributed by atoms with Gasteiger partial charge in [0, 0.05) is 19.0 Å². The Labute approximate surface area is 83.2 Å². The molecule has 14 heavy (non-hydrogen) atoms. The van der Waals surface area contributed by atoms with Gasteiger partial charge in [-0.25, -0.2) is 0 Å². The molecule has 0 rings (SSSR count). The lowest BCUT2D eigenvalue weighted by atomic mass is 10.2. The van der Waals surface area contributed by atoms with Crippen molar-refractivity contribution in [1.82, 2.24) is 4.90 Å². The zero-order valence-corrected chi connectivity index (χ0v) is 8.27. The van der Waals surface area contributed by atoms with Gasteiger partial charge in [-0.2, -0.15) is 0 Å². The molecular formula is C9H16N2O3. The minimum Gasteiger partial charge on any atom is -0.480 e. The number of carboxylic acids is 1. The molecule has 80 valence electrons. The molecule has 0 aromatic carbocycles. The summed E-state index contributed by atoms with van der Waals surface area (Å²) in [6.07, 6.45) is 1.64. The predicted octanol–water partition coefficient (Wildman–Crippen LogP) is -0.177. The summed E-state index contributed by atoms with van der Waals surface area (Å²) in [5, 5.41) is 8.53. The third-order valence-corrected chi connectivity index (χ3v) is 1.52. The average molecular weight is 200 g/mol. The number of amides is 1. The molecule has 0 radical (unpaired) electrons. The fourth-order valence-electron chi connectivity index (χ4n) is 0.978. The summed E-state index contributed by atoms with van der Waals surface area (Å²) in [7, 11) is 0. The molecule has 0 fully saturated rings. The zero-order valence-electron chi connectivity index (χ0n) is 8.27. The molecule has 0 aromatic heterocycles. The SMILES string of the molecule is C=CCN(CC(=O)O)C(=O)CC(C)N. The predicted molar refractivity (Wildman–Crippen MR) is 52.7 cm³/mol. The van der Waals surface area contributed by atoms with Crippen LogP contribution in [0.4, 0.5) is 0 Å². The first-order valence-electron chi connectivity index (χ1n) is 4.33. The Morgan fingerprint density at radius 3 is 2.57 bits per heavy atom. The van der Waals surface area contributed by atoms with Gasteiger partial charge < -0.3 is 15.7 Å². The maximum absolute atomic E-state index is 11.4. The Morgan fingerprint density at radius 1 is 1.64 bits per heavy atom. The summed E-state index contributed by atoms with van der Waals surface area (Å²) in [4.78, 5) is 23.0. The lowest BCUT2D eigenvalue weighted by molar-refractivity contribution is -0.144. The van der Waals surface area contributed by atoms with Crippen LogP contribution in [0.2, 0.25) is 0 Å². The molecule has 0 heterocycles. The van der Waals surface area contributed by atoms with E-state index in [4.69, 9.17) is 10.8 Å². The summed E-state index contributed by atoms with van der Waals surface area (Å²) < 4.78 is 0. The number of nitrogens with zero attached hydrogens (tertiary/aromatic N) is 1. The summed E-state index contributed by atoms with van der Waals surface area (Å²) in [6.45, 7) is 5.08. The smallest absolute Gasteiger partial charge is 0.323 e. The minimum absolute atomic E-state index is 0.154. The number of nitrogens with two attached hydrogens (primary N) is 1. The lowest BCUT2D eigenvalue weighted by Crippen LogP contribution is -2.38. The second kappa shape index (κ2) is 6.15. The maximum Gasteiger partial charge on any atom is 0.323 e. The second-order valence-electron chi connectivity index (χ2n) is 3.14. The summed E-state index contributed by atoms with van der Waals surface area (Å²) in [6, 6.07) is -0.261. The van der Waals surface area contributed by atoms with Gasteiger partial charge in [-0.1, -0.05) is 6.08 Å². The van der Waals surface area contributed by atoms with Gasteiger partial charge in [-0.3, -0.25) is 9.59 Å². The molecule has 3 N–H and O–H groups in total. The number of aliphatic carboxylic acids is 1. The van der Waals surface area contributed by atoms with Crippen molar-refractivity contribution in [2.24, 2.45) is 5.73 Å². The number of carboxylic acid groups (broad SMARTS) is 1. The van der Waals surface area contributed by atoms with E-state index in [0.29, 0.717) is 0 Å². The van der Waals surface area contributed by atoms with Crippen LogP contribution < -0.4 is 5.73 Å². The molecule has 0 spiro atoms. The van der Waals surface area contributed by atoms with Crippen molar-refractivity contribution in [3.05, 3.63) is 12.7 Å². The molecule has 1 unspecified atom stereocenters. The highest BCUT2D eigenvalue weighted by Crippen LogP contribution is 1.97. The minimum atomic E-state index is -1.04. The highest BCUT2D eigenvalue weighted by molar-refractivity contribution is 5.81. The van der Waals surface area contributed by atoms with Crippen LogP contribution in [0, 0.1) is 0 Å². The standard InChI is InChI=1S/C9H16N2O3/c1-3-4-11(6-9(13)14)8(12)5-7(2)10/h3,7H,1,4-6,10H2,2H3,(H,13,14). The first-order valence-corrected chi connectivity index (χ1v) is 4.33. The monoisotopic (exact) mass is 200 g/mol. The van der Waals surface area contributed by atoms with Gasteiger partial charge in [0.25, 0.3) is 0 Å². The highest BCUT2D eigenvalue weighted by atomic mass is 16.4. The topological polar surface area (TPSA) is 83.6 Å². The number of carbonyl (C=O) groups is 2. The Hall–Kier alpha value is -1.36. The van der Waals surface area contributed by atoms with E-state index in [1.54, 1.807) is 6.92 Å². The average Bonchev–Trinajstić information content (AvgIpc) is 2.01. The first-order chi connectivity index (χ1) is 6.47. The fraction of sp³-hybridized carbons (Fsp3) is 0.556. The van der Waals surface area contributed by atoms with E-state index in [0.717, 1.165) is 0 Å². The van der Waals surface area contributed by atoms with E-state index < -0.39 is 5.97 Å². The van der Waals surface area contributed by atoms with E-state index in [2.05, 4.69) is 6.58 Å². The first kappa shape index (κ1) is 12.6. The highest BCUT2D eigenvalue weighted by Gasteiger charge is 2.16. The van der Waals surface area contributed by atoms with Crippen molar-refractivity contribution in [2.45, 2.75) is 19.4 Å². The van der Waals surface area contributed by atoms with E-state index in [1.807, 2.05) is 0 Å². The molecular weight excluding hydrogens is 184 g/mol. The molecule has 0 aliphatic heterocycles. The molecule has 0 aromatic rings. The normalized spacial score (nSPS) is 11.9. The van der Waals surface area contributed by atoms with Gasteiger partial charge in [0.15, 0.2) is 0 Å². The van der Waals surface area contributed by atoms with Gasteiger partial charge in [0.2, 0.25) is 5.91 Å². The quantitative estimate of drug-likeness (QED) is 0.583. The van der Waals surface area contributed by atoms with Gasteiger partial charge in [0.1, 0.15) is 6.54 Å². The van der Waals surface area contributed by atoms with Gasteiger partial charge in [0.05, 0.1) is 0 Å². The van der Waals surface area contributed by atoms with Gasteiger partial charge in [-0.15, -0.1) is 6.58 Å². The van der Waals surface area contributed by atoms with Crippen molar-refractivity contribution < 1.29 is 14.7 Å².